The molecule has 1 aromatic heterocycles. The van der Waals surface area contributed by atoms with Crippen LogP contribution in [0.1, 0.15) is 37.0 Å². The van der Waals surface area contributed by atoms with E-state index in [1.165, 1.54) is 13.3 Å². The fourth-order valence-electron chi connectivity index (χ4n) is 3.27. The monoisotopic (exact) mass is 470 g/mol. The molecule has 0 aliphatic carbocycles. The third-order valence-corrected chi connectivity index (χ3v) is 4.79. The fourth-order valence-corrected chi connectivity index (χ4v) is 3.27. The van der Waals surface area contributed by atoms with E-state index in [0.717, 1.165) is 5.76 Å². The van der Waals surface area contributed by atoms with Gasteiger partial charge in [-0.1, -0.05) is 6.07 Å². The molecule has 0 radical (unpaired) electrons. The third kappa shape index (κ3) is 5.94. The molecule has 1 aliphatic rings. The van der Waals surface area contributed by atoms with Gasteiger partial charge in [0.05, 0.1) is 31.5 Å². The summed E-state index contributed by atoms with van der Waals surface area (Å²) in [6.45, 7) is 5.00. The van der Waals surface area contributed by atoms with E-state index in [1.807, 2.05) is 0 Å². The second-order valence-corrected chi connectivity index (χ2v) is 7.23. The summed E-state index contributed by atoms with van der Waals surface area (Å²) in [4.78, 5) is 36.6. The first kappa shape index (κ1) is 24.4. The summed E-state index contributed by atoms with van der Waals surface area (Å²) in [5.41, 5.74) is 3.59. The first-order valence-corrected chi connectivity index (χ1v) is 10.5. The average Bonchev–Trinajstić information content (AvgIpc) is 3.22. The molecule has 1 aromatic carbocycles. The molecule has 0 saturated carbocycles. The van der Waals surface area contributed by atoms with Gasteiger partial charge in [-0.25, -0.2) is 15.0 Å². The molecule has 3 amide bonds. The summed E-state index contributed by atoms with van der Waals surface area (Å²) in [7, 11) is 1.44. The quantitative estimate of drug-likeness (QED) is 0.290. The molecule has 11 nitrogen and oxygen atoms in total. The number of carbonyl (C=O) groups is 3. The minimum Gasteiger partial charge on any atom is -0.493 e. The van der Waals surface area contributed by atoms with Crippen LogP contribution in [0.15, 0.2) is 51.1 Å². The minimum absolute atomic E-state index is 0.194. The maximum atomic E-state index is 12.5. The van der Waals surface area contributed by atoms with Crippen molar-refractivity contribution in [3.05, 3.63) is 58.7 Å². The maximum absolute atomic E-state index is 12.5. The Morgan fingerprint density at radius 1 is 1.21 bits per heavy atom. The number of esters is 1. The molecule has 0 fully saturated rings. The van der Waals surface area contributed by atoms with Crippen LogP contribution in [0.25, 0.3) is 0 Å². The molecule has 0 spiro atoms. The predicted molar refractivity (Wildman–Crippen MR) is 121 cm³/mol. The molecule has 34 heavy (non-hydrogen) atoms. The second-order valence-electron chi connectivity index (χ2n) is 7.23. The number of allylic oxidation sites excluding steroid dienone is 1. The summed E-state index contributed by atoms with van der Waals surface area (Å²) in [6.07, 6.45) is 1.38. The smallest absolute Gasteiger partial charge is 0.338 e. The van der Waals surface area contributed by atoms with E-state index >= 15 is 0 Å². The number of benzene rings is 1. The summed E-state index contributed by atoms with van der Waals surface area (Å²) >= 11 is 0. The number of nitrogens with one attached hydrogen (secondary N) is 3. The molecule has 3 N–H and O–H groups in total. The van der Waals surface area contributed by atoms with Crippen LogP contribution in [0.5, 0.6) is 11.5 Å². The fraction of sp³-hybridized carbons (Fsp3) is 0.304. The molecule has 1 atom stereocenters. The van der Waals surface area contributed by atoms with Gasteiger partial charge in [0.2, 0.25) is 0 Å². The molecule has 2 heterocycles. The number of ether oxygens (including phenoxy) is 3. The van der Waals surface area contributed by atoms with Crippen molar-refractivity contribution in [2.45, 2.75) is 26.8 Å². The number of rotatable bonds is 9. The predicted octanol–water partition coefficient (Wildman–Crippen LogP) is 2.32. The Labute approximate surface area is 196 Å². The van der Waals surface area contributed by atoms with E-state index in [-0.39, 0.29) is 18.8 Å². The van der Waals surface area contributed by atoms with Gasteiger partial charge in [-0.15, -0.1) is 0 Å². The number of methoxy groups -OCH3 is 1. The summed E-state index contributed by atoms with van der Waals surface area (Å²) in [5.74, 6) is 0.820. The highest BCUT2D eigenvalue weighted by atomic mass is 16.5. The lowest BCUT2D eigenvalue weighted by molar-refractivity contribution is -0.139. The van der Waals surface area contributed by atoms with Crippen LogP contribution in [0.2, 0.25) is 0 Å². The molecule has 180 valence electrons. The van der Waals surface area contributed by atoms with Crippen LogP contribution >= 0.6 is 0 Å². The lowest BCUT2D eigenvalue weighted by atomic mass is 9.95. The van der Waals surface area contributed by atoms with Crippen LogP contribution < -0.4 is 25.5 Å². The number of hydrogen-bond acceptors (Lipinski definition) is 8. The van der Waals surface area contributed by atoms with E-state index < -0.39 is 23.9 Å². The van der Waals surface area contributed by atoms with Crippen molar-refractivity contribution in [3.8, 4) is 11.5 Å². The average molecular weight is 470 g/mol. The summed E-state index contributed by atoms with van der Waals surface area (Å²) < 4.78 is 21.4. The Morgan fingerprint density at radius 2 is 2.00 bits per heavy atom. The molecule has 3 rings (SSSR count). The molecular formula is C23H26N4O7. The zero-order valence-corrected chi connectivity index (χ0v) is 19.3. The van der Waals surface area contributed by atoms with Gasteiger partial charge in [0.15, 0.2) is 18.1 Å². The largest absolute Gasteiger partial charge is 0.493 e. The number of furan rings is 1. The van der Waals surface area contributed by atoms with Crippen molar-refractivity contribution >= 4 is 24.1 Å². The lowest BCUT2D eigenvalue weighted by Gasteiger charge is -2.28. The first-order valence-electron chi connectivity index (χ1n) is 10.5. The minimum atomic E-state index is -0.751. The zero-order valence-electron chi connectivity index (χ0n) is 19.3. The van der Waals surface area contributed by atoms with E-state index in [4.69, 9.17) is 18.6 Å². The highest BCUT2D eigenvalue weighted by Crippen LogP contribution is 2.34. The van der Waals surface area contributed by atoms with E-state index in [9.17, 15) is 14.4 Å². The normalized spacial score (nSPS) is 15.5. The Bertz CT molecular complexity index is 1140. The standard InChI is InChI=1S/C23H26N4O7/c1-5-32-22(29)20-14(3)25-23(30)26-21(20)15-7-9-17(18(10-15)31-4)33-12-19(28)27-24-11-16-8-6-13(2)34-16/h6-11,21H,5,12H2,1-4H3,(H,27,28)(H2,25,26,30)/b24-11-/t21-/m0/s1. The Kier molecular flexibility index (Phi) is 7.91. The van der Waals surface area contributed by atoms with Crippen LogP contribution in [0.4, 0.5) is 4.79 Å². The maximum Gasteiger partial charge on any atom is 0.338 e. The molecule has 0 saturated heterocycles. The van der Waals surface area contributed by atoms with Crippen LogP contribution in [0, 0.1) is 6.92 Å². The van der Waals surface area contributed by atoms with Crippen molar-refractivity contribution in [1.82, 2.24) is 16.1 Å². The van der Waals surface area contributed by atoms with E-state index in [0.29, 0.717) is 28.5 Å². The Balaban J connectivity index is 1.70. The van der Waals surface area contributed by atoms with Gasteiger partial charge in [0.25, 0.3) is 5.91 Å². The SMILES string of the molecule is CCOC(=O)C1=C(C)NC(=O)N[C@H]1c1ccc(OCC(=O)N/N=C\c2ccc(C)o2)c(OC)c1. The number of urea groups is 1. The molecule has 1 aliphatic heterocycles. The number of amides is 3. The van der Waals surface area contributed by atoms with Gasteiger partial charge < -0.3 is 29.3 Å². The molecule has 11 heteroatoms. The van der Waals surface area contributed by atoms with Crippen molar-refractivity contribution in [2.75, 3.05) is 20.3 Å². The van der Waals surface area contributed by atoms with Crippen LogP contribution in [0.3, 0.4) is 0 Å². The topological polar surface area (TPSA) is 140 Å². The zero-order chi connectivity index (χ0) is 24.7. The Hall–Kier alpha value is -4.28. The summed E-state index contributed by atoms with van der Waals surface area (Å²) in [6, 6.07) is 7.18. The third-order valence-electron chi connectivity index (χ3n) is 4.79. The van der Waals surface area contributed by atoms with Gasteiger partial charge in [-0.05, 0) is 50.6 Å². The van der Waals surface area contributed by atoms with Crippen molar-refractivity contribution in [1.29, 1.82) is 0 Å². The van der Waals surface area contributed by atoms with Gasteiger partial charge >= 0.3 is 12.0 Å². The van der Waals surface area contributed by atoms with Gasteiger partial charge in [-0.2, -0.15) is 5.10 Å². The Morgan fingerprint density at radius 3 is 2.68 bits per heavy atom. The number of carbonyl (C=O) groups excluding carboxylic acids is 3. The second kappa shape index (κ2) is 11.0. The molecular weight excluding hydrogens is 444 g/mol. The number of aryl methyl sites for hydroxylation is 1. The number of hydrazone groups is 1. The van der Waals surface area contributed by atoms with Gasteiger partial charge in [0.1, 0.15) is 11.5 Å². The number of hydrogen-bond donors (Lipinski definition) is 3. The highest BCUT2D eigenvalue weighted by molar-refractivity contribution is 5.95. The molecule has 0 bridgehead atoms. The van der Waals surface area contributed by atoms with Crippen molar-refractivity contribution in [2.24, 2.45) is 5.10 Å². The van der Waals surface area contributed by atoms with Crippen LogP contribution in [-0.2, 0) is 14.3 Å². The van der Waals surface area contributed by atoms with Gasteiger partial charge in [0, 0.05) is 5.70 Å². The van der Waals surface area contributed by atoms with Crippen molar-refractivity contribution < 1.29 is 33.0 Å². The number of nitrogens with zero attached hydrogens (tertiary/aromatic N) is 1. The van der Waals surface area contributed by atoms with E-state index in [1.54, 1.807) is 51.1 Å². The van der Waals surface area contributed by atoms with Gasteiger partial charge in [-0.3, -0.25) is 4.79 Å². The molecule has 2 aromatic rings. The highest BCUT2D eigenvalue weighted by Gasteiger charge is 2.32. The summed E-state index contributed by atoms with van der Waals surface area (Å²) in [5, 5.41) is 9.11. The molecule has 0 unspecified atom stereocenters. The first-order chi connectivity index (χ1) is 16.3. The lowest BCUT2D eigenvalue weighted by Crippen LogP contribution is -2.45. The van der Waals surface area contributed by atoms with Crippen LogP contribution in [-0.4, -0.2) is 44.4 Å². The van der Waals surface area contributed by atoms with Crippen molar-refractivity contribution in [3.63, 3.8) is 0 Å². The van der Waals surface area contributed by atoms with E-state index in [2.05, 4.69) is 21.2 Å².